The second-order valence-electron chi connectivity index (χ2n) is 18.6. The van der Waals surface area contributed by atoms with Gasteiger partial charge in [0.15, 0.2) is 0 Å². The first-order chi connectivity index (χ1) is 30.1. The Morgan fingerprint density at radius 2 is 0.852 bits per heavy atom. The third-order valence-electron chi connectivity index (χ3n) is 15.2. The lowest BCUT2D eigenvalue weighted by atomic mass is 9.51. The highest BCUT2D eigenvalue weighted by molar-refractivity contribution is 5.90. The molecule has 1 nitrogen and oxygen atoms in total. The zero-order valence-electron chi connectivity index (χ0n) is 34.9. The summed E-state index contributed by atoms with van der Waals surface area (Å²) in [5.74, 6) is 4.37. The molecule has 0 radical (unpaired) electrons. The second kappa shape index (κ2) is 14.6. The number of anilines is 3. The lowest BCUT2D eigenvalue weighted by molar-refractivity contribution is -0.00277. The van der Waals surface area contributed by atoms with Gasteiger partial charge >= 0.3 is 0 Å². The molecule has 4 bridgehead atoms. The fourth-order valence-electron chi connectivity index (χ4n) is 12.9. The van der Waals surface area contributed by atoms with Crippen LogP contribution in [0.1, 0.15) is 71.4 Å². The van der Waals surface area contributed by atoms with Gasteiger partial charge in [-0.15, -0.1) is 0 Å². The van der Waals surface area contributed by atoms with Crippen LogP contribution in [0.25, 0.3) is 33.4 Å². The molecule has 8 aromatic rings. The van der Waals surface area contributed by atoms with Crippen molar-refractivity contribution in [1.29, 1.82) is 0 Å². The van der Waals surface area contributed by atoms with Gasteiger partial charge in [-0.3, -0.25) is 0 Å². The van der Waals surface area contributed by atoms with E-state index in [9.17, 15) is 0 Å². The van der Waals surface area contributed by atoms with E-state index in [-0.39, 0.29) is 0 Å². The minimum Gasteiger partial charge on any atom is -0.310 e. The minimum atomic E-state index is -0.477. The monoisotopic (exact) mass is 785 g/mol. The third kappa shape index (κ3) is 5.96. The van der Waals surface area contributed by atoms with Crippen LogP contribution >= 0.6 is 0 Å². The molecular formula is C60H51N. The summed E-state index contributed by atoms with van der Waals surface area (Å²) < 4.78 is 0. The van der Waals surface area contributed by atoms with Crippen LogP contribution in [0.15, 0.2) is 200 Å². The Hall–Kier alpha value is -6.44. The van der Waals surface area contributed by atoms with Crippen molar-refractivity contribution in [3.8, 4) is 33.4 Å². The average molecular weight is 786 g/mol. The molecule has 5 aliphatic carbocycles. The van der Waals surface area contributed by atoms with E-state index in [0.717, 1.165) is 29.4 Å². The predicted molar refractivity (Wildman–Crippen MR) is 254 cm³/mol. The summed E-state index contributed by atoms with van der Waals surface area (Å²) in [6, 6.07) is 75.4. The molecule has 4 saturated carbocycles. The van der Waals surface area contributed by atoms with E-state index < -0.39 is 5.41 Å². The fraction of sp³-hybridized carbons (Fsp3) is 0.200. The van der Waals surface area contributed by atoms with E-state index in [0.29, 0.717) is 5.92 Å². The molecule has 0 amide bonds. The van der Waals surface area contributed by atoms with Crippen LogP contribution in [0.5, 0.6) is 0 Å². The molecule has 61 heavy (non-hydrogen) atoms. The van der Waals surface area contributed by atoms with Gasteiger partial charge in [-0.05, 0) is 166 Å². The van der Waals surface area contributed by atoms with Gasteiger partial charge in [0, 0.05) is 17.1 Å². The van der Waals surface area contributed by atoms with Crippen LogP contribution in [-0.2, 0) is 5.41 Å². The number of nitrogens with zero attached hydrogens (tertiary/aromatic N) is 1. The van der Waals surface area contributed by atoms with Crippen LogP contribution < -0.4 is 4.90 Å². The lowest BCUT2D eigenvalue weighted by Gasteiger charge is -2.54. The first kappa shape index (κ1) is 36.4. The Morgan fingerprint density at radius 3 is 1.43 bits per heavy atom. The van der Waals surface area contributed by atoms with Crippen molar-refractivity contribution in [2.75, 3.05) is 4.90 Å². The SMILES string of the molecule is Cc1ccc2c(c1)C(c1ccccc1)(c1ccccc1)c1cc(N(c3ccc(-c4ccccc4-c4ccccc4)cc3)c3ccc(C4C5CC6CC(C5)CC4C6)cc3)ccc1-2. The highest BCUT2D eigenvalue weighted by Gasteiger charge is 2.49. The zero-order chi connectivity index (χ0) is 40.5. The quantitative estimate of drug-likeness (QED) is 0.148. The Bertz CT molecular complexity index is 2790. The molecule has 0 atom stereocenters. The molecule has 8 aromatic carbocycles. The van der Waals surface area contributed by atoms with E-state index in [2.05, 4.69) is 212 Å². The van der Waals surface area contributed by atoms with Crippen LogP contribution in [-0.4, -0.2) is 0 Å². The Labute approximate surface area is 361 Å². The van der Waals surface area contributed by atoms with Gasteiger partial charge < -0.3 is 4.90 Å². The van der Waals surface area contributed by atoms with Gasteiger partial charge in [0.05, 0.1) is 5.41 Å². The highest BCUT2D eigenvalue weighted by Crippen LogP contribution is 2.61. The highest BCUT2D eigenvalue weighted by atomic mass is 15.1. The summed E-state index contributed by atoms with van der Waals surface area (Å²) in [5.41, 5.74) is 18.7. The summed E-state index contributed by atoms with van der Waals surface area (Å²) in [6.07, 6.45) is 7.24. The molecular weight excluding hydrogens is 735 g/mol. The van der Waals surface area contributed by atoms with E-state index in [4.69, 9.17) is 0 Å². The van der Waals surface area contributed by atoms with Crippen molar-refractivity contribution in [1.82, 2.24) is 0 Å². The molecule has 4 fully saturated rings. The molecule has 0 heterocycles. The molecule has 13 rings (SSSR count). The molecule has 1 heteroatoms. The molecule has 0 unspecified atom stereocenters. The molecule has 296 valence electrons. The number of aryl methyl sites for hydroxylation is 1. The molecule has 0 aromatic heterocycles. The van der Waals surface area contributed by atoms with E-state index in [1.54, 1.807) is 5.56 Å². The van der Waals surface area contributed by atoms with Crippen molar-refractivity contribution >= 4 is 17.1 Å². The predicted octanol–water partition coefficient (Wildman–Crippen LogP) is 15.7. The van der Waals surface area contributed by atoms with Gasteiger partial charge in [0.1, 0.15) is 0 Å². The molecule has 0 aliphatic heterocycles. The Balaban J connectivity index is 1.02. The third-order valence-corrected chi connectivity index (χ3v) is 15.2. The van der Waals surface area contributed by atoms with Crippen molar-refractivity contribution in [2.24, 2.45) is 23.7 Å². The maximum Gasteiger partial charge on any atom is 0.0714 e. The van der Waals surface area contributed by atoms with Gasteiger partial charge in [0.25, 0.3) is 0 Å². The van der Waals surface area contributed by atoms with Crippen molar-refractivity contribution in [2.45, 2.75) is 50.4 Å². The maximum absolute atomic E-state index is 2.51. The number of benzene rings is 8. The average Bonchev–Trinajstić information content (AvgIpc) is 3.60. The Morgan fingerprint density at radius 1 is 0.393 bits per heavy atom. The van der Waals surface area contributed by atoms with E-state index in [1.807, 2.05) is 0 Å². The van der Waals surface area contributed by atoms with Gasteiger partial charge in [-0.1, -0.05) is 169 Å². The summed E-state index contributed by atoms with van der Waals surface area (Å²) in [6.45, 7) is 2.23. The summed E-state index contributed by atoms with van der Waals surface area (Å²) in [4.78, 5) is 2.50. The van der Waals surface area contributed by atoms with Crippen LogP contribution in [0.2, 0.25) is 0 Å². The zero-order valence-corrected chi connectivity index (χ0v) is 34.9. The molecule has 0 saturated heterocycles. The lowest BCUT2D eigenvalue weighted by Crippen LogP contribution is -2.43. The first-order valence-electron chi connectivity index (χ1n) is 22.6. The minimum absolute atomic E-state index is 0.477. The summed E-state index contributed by atoms with van der Waals surface area (Å²) in [7, 11) is 0. The van der Waals surface area contributed by atoms with Crippen molar-refractivity contribution in [3.63, 3.8) is 0 Å². The fourth-order valence-corrected chi connectivity index (χ4v) is 12.9. The largest absolute Gasteiger partial charge is 0.310 e. The molecule has 0 spiro atoms. The molecule has 5 aliphatic rings. The van der Waals surface area contributed by atoms with E-state index >= 15 is 0 Å². The van der Waals surface area contributed by atoms with E-state index in [1.165, 1.54) is 105 Å². The number of fused-ring (bicyclic) bond motifs is 3. The standard InChI is InChI=1S/C60H51N/c1-40-21-31-55-56-32-30-52(39-58(56)60(57(55)33-40,48-15-7-3-8-16-48)49-17-9-4-10-18-49)61(51-28-24-45(25-29-51)59-46-35-41-34-42(37-46)38-47(59)36-41)50-26-22-44(23-27-50)54-20-12-11-19-53(54)43-13-5-2-6-14-43/h2-33,39,41-42,46-47,59H,34-38H2,1H3. The van der Waals surface area contributed by atoms with Crippen LogP contribution in [0, 0.1) is 30.6 Å². The molecule has 0 N–H and O–H groups in total. The van der Waals surface area contributed by atoms with Crippen molar-refractivity contribution in [3.05, 3.63) is 234 Å². The van der Waals surface area contributed by atoms with Gasteiger partial charge in [-0.2, -0.15) is 0 Å². The smallest absolute Gasteiger partial charge is 0.0714 e. The first-order valence-corrected chi connectivity index (χ1v) is 22.6. The van der Waals surface area contributed by atoms with Crippen LogP contribution in [0.3, 0.4) is 0 Å². The second-order valence-corrected chi connectivity index (χ2v) is 18.6. The summed E-state index contributed by atoms with van der Waals surface area (Å²) >= 11 is 0. The number of hydrogen-bond donors (Lipinski definition) is 0. The van der Waals surface area contributed by atoms with Gasteiger partial charge in [-0.25, -0.2) is 0 Å². The number of hydrogen-bond acceptors (Lipinski definition) is 1. The maximum atomic E-state index is 2.51. The number of rotatable bonds is 8. The Kier molecular flexibility index (Phi) is 8.73. The van der Waals surface area contributed by atoms with Crippen molar-refractivity contribution < 1.29 is 0 Å². The van der Waals surface area contributed by atoms with Gasteiger partial charge in [0.2, 0.25) is 0 Å². The topological polar surface area (TPSA) is 3.24 Å². The van der Waals surface area contributed by atoms with Crippen LogP contribution in [0.4, 0.5) is 17.1 Å². The normalized spacial score (nSPS) is 21.5. The summed E-state index contributed by atoms with van der Waals surface area (Å²) in [5, 5.41) is 0.